The third kappa shape index (κ3) is 2.69. The maximum absolute atomic E-state index is 11.5. The predicted octanol–water partition coefficient (Wildman–Crippen LogP) is 0.762. The van der Waals surface area contributed by atoms with Crippen molar-refractivity contribution in [3.05, 3.63) is 0 Å². The Morgan fingerprint density at radius 3 is 2.93 bits per heavy atom. The summed E-state index contributed by atoms with van der Waals surface area (Å²) in [5.41, 5.74) is 0. The minimum Gasteiger partial charge on any atom is -0.465 e. The zero-order valence-corrected chi connectivity index (χ0v) is 8.75. The van der Waals surface area contributed by atoms with Crippen molar-refractivity contribution in [3.63, 3.8) is 0 Å². The maximum atomic E-state index is 11.5. The number of methoxy groups -OCH3 is 1. The van der Waals surface area contributed by atoms with E-state index in [1.54, 1.807) is 0 Å². The number of ketones is 1. The number of Topliss-reactive ketones (excluding diaryl/α,β-unsaturated/α-hetero) is 1. The quantitative estimate of drug-likeness (QED) is 0.390. The highest BCUT2D eigenvalue weighted by Gasteiger charge is 2.33. The molecule has 0 aliphatic carbocycles. The van der Waals surface area contributed by atoms with Gasteiger partial charge in [-0.15, -0.1) is 11.6 Å². The molecule has 0 aromatic carbocycles. The zero-order valence-electron chi connectivity index (χ0n) is 7.99. The Hall–Kier alpha value is -0.610. The van der Waals surface area contributed by atoms with E-state index in [0.29, 0.717) is 13.0 Å². The van der Waals surface area contributed by atoms with Crippen molar-refractivity contribution < 1.29 is 19.1 Å². The lowest BCUT2D eigenvalue weighted by molar-refractivity contribution is -0.145. The van der Waals surface area contributed by atoms with Crippen LogP contribution in [0.3, 0.4) is 0 Å². The number of halogens is 1. The number of ether oxygens (including phenoxy) is 2. The van der Waals surface area contributed by atoms with Gasteiger partial charge in [0.25, 0.3) is 0 Å². The fraction of sp³-hybridized carbons (Fsp3) is 0.778. The second-order valence-corrected chi connectivity index (χ2v) is 3.50. The van der Waals surface area contributed by atoms with E-state index in [0.717, 1.165) is 0 Å². The molecular formula is C9H13ClO4. The van der Waals surface area contributed by atoms with Crippen LogP contribution in [0.4, 0.5) is 0 Å². The van der Waals surface area contributed by atoms with E-state index in [1.165, 1.54) is 7.11 Å². The van der Waals surface area contributed by atoms with Crippen LogP contribution in [-0.4, -0.2) is 37.5 Å². The zero-order chi connectivity index (χ0) is 10.6. The third-order valence-electron chi connectivity index (χ3n) is 2.26. The Morgan fingerprint density at radius 2 is 2.50 bits per heavy atom. The molecule has 1 saturated heterocycles. The average Bonchev–Trinajstić information content (AvgIpc) is 2.60. The summed E-state index contributed by atoms with van der Waals surface area (Å²) in [6, 6.07) is 0. The molecule has 0 amide bonds. The molecule has 14 heavy (non-hydrogen) atoms. The first kappa shape index (κ1) is 11.5. The highest BCUT2D eigenvalue weighted by atomic mass is 35.5. The highest BCUT2D eigenvalue weighted by molar-refractivity contribution is 6.18. The summed E-state index contributed by atoms with van der Waals surface area (Å²) in [6.07, 6.45) is 0.355. The van der Waals surface area contributed by atoms with Crippen molar-refractivity contribution in [2.45, 2.75) is 18.9 Å². The highest BCUT2D eigenvalue weighted by Crippen LogP contribution is 2.18. The van der Waals surface area contributed by atoms with E-state index in [1.807, 2.05) is 0 Å². The topological polar surface area (TPSA) is 52.6 Å². The van der Waals surface area contributed by atoms with Crippen molar-refractivity contribution in [2.75, 3.05) is 19.6 Å². The van der Waals surface area contributed by atoms with Crippen LogP contribution in [0.2, 0.25) is 0 Å². The minimum absolute atomic E-state index is 0.139. The second-order valence-electron chi connectivity index (χ2n) is 3.19. The Morgan fingerprint density at radius 1 is 1.79 bits per heavy atom. The number of rotatable bonds is 5. The van der Waals surface area contributed by atoms with Crippen LogP contribution in [0, 0.1) is 5.92 Å². The van der Waals surface area contributed by atoms with Crippen LogP contribution in [0.5, 0.6) is 0 Å². The number of carbonyl (C=O) groups excluding carboxylic acids is 2. The molecule has 0 bridgehead atoms. The summed E-state index contributed by atoms with van der Waals surface area (Å²) >= 11 is 5.56. The number of cyclic esters (lactones) is 1. The van der Waals surface area contributed by atoms with E-state index in [9.17, 15) is 9.59 Å². The molecule has 0 aromatic rings. The third-order valence-corrected chi connectivity index (χ3v) is 2.60. The number of esters is 1. The SMILES string of the molecule is COC(CCl)CC(=O)C1CCOC1=O. The van der Waals surface area contributed by atoms with E-state index < -0.39 is 11.9 Å². The molecule has 4 nitrogen and oxygen atoms in total. The van der Waals surface area contributed by atoms with Crippen LogP contribution in [0.1, 0.15) is 12.8 Å². The van der Waals surface area contributed by atoms with Crippen molar-refractivity contribution in [1.82, 2.24) is 0 Å². The molecule has 0 N–H and O–H groups in total. The molecule has 0 spiro atoms. The molecular weight excluding hydrogens is 208 g/mol. The van der Waals surface area contributed by atoms with Gasteiger partial charge in [0.1, 0.15) is 11.7 Å². The van der Waals surface area contributed by atoms with Gasteiger partial charge in [-0.1, -0.05) is 0 Å². The Labute approximate surface area is 87.5 Å². The first-order chi connectivity index (χ1) is 6.69. The second kappa shape index (κ2) is 5.32. The molecule has 1 rings (SSSR count). The van der Waals surface area contributed by atoms with Gasteiger partial charge in [-0.2, -0.15) is 0 Å². The average molecular weight is 221 g/mol. The molecule has 1 heterocycles. The molecule has 2 unspecified atom stereocenters. The molecule has 80 valence electrons. The van der Waals surface area contributed by atoms with Gasteiger partial charge in [-0.3, -0.25) is 9.59 Å². The lowest BCUT2D eigenvalue weighted by Gasteiger charge is -2.12. The van der Waals surface area contributed by atoms with Gasteiger partial charge in [0.05, 0.1) is 12.7 Å². The summed E-state index contributed by atoms with van der Waals surface area (Å²) < 4.78 is 9.66. The minimum atomic E-state index is -0.601. The first-order valence-corrected chi connectivity index (χ1v) is 5.00. The Kier molecular flexibility index (Phi) is 4.35. The van der Waals surface area contributed by atoms with Crippen LogP contribution in [0.25, 0.3) is 0 Å². The molecule has 0 aromatic heterocycles. The van der Waals surface area contributed by atoms with Crippen LogP contribution >= 0.6 is 11.6 Å². The van der Waals surface area contributed by atoms with E-state index in [-0.39, 0.29) is 24.2 Å². The summed E-state index contributed by atoms with van der Waals surface area (Å²) in [7, 11) is 1.49. The van der Waals surface area contributed by atoms with Crippen LogP contribution in [0.15, 0.2) is 0 Å². The smallest absolute Gasteiger partial charge is 0.316 e. The summed E-state index contributed by atoms with van der Waals surface area (Å²) in [4.78, 5) is 22.6. The first-order valence-electron chi connectivity index (χ1n) is 4.47. The van der Waals surface area contributed by atoms with Crippen molar-refractivity contribution in [2.24, 2.45) is 5.92 Å². The van der Waals surface area contributed by atoms with E-state index >= 15 is 0 Å². The lowest BCUT2D eigenvalue weighted by Crippen LogP contribution is -2.25. The fourth-order valence-electron chi connectivity index (χ4n) is 1.36. The fourth-order valence-corrected chi connectivity index (χ4v) is 1.59. The normalized spacial score (nSPS) is 23.3. The summed E-state index contributed by atoms with van der Waals surface area (Å²) in [5.74, 6) is -0.903. The van der Waals surface area contributed by atoms with Gasteiger partial charge in [0.15, 0.2) is 0 Å². The molecule has 0 radical (unpaired) electrons. The van der Waals surface area contributed by atoms with Crippen molar-refractivity contribution >= 4 is 23.4 Å². The predicted molar refractivity (Wildman–Crippen MR) is 50.2 cm³/mol. The van der Waals surface area contributed by atoms with Gasteiger partial charge in [-0.05, 0) is 0 Å². The molecule has 2 atom stereocenters. The standard InChI is InChI=1S/C9H13ClO4/c1-13-6(5-10)4-8(11)7-2-3-14-9(7)12/h6-7H,2-5H2,1H3. The lowest BCUT2D eigenvalue weighted by atomic mass is 9.98. The maximum Gasteiger partial charge on any atom is 0.316 e. The Bertz CT molecular complexity index is 225. The number of alkyl halides is 1. The Balaban J connectivity index is 2.44. The summed E-state index contributed by atoms with van der Waals surface area (Å²) in [6.45, 7) is 0.341. The number of carbonyl (C=O) groups is 2. The van der Waals surface area contributed by atoms with Crippen molar-refractivity contribution in [1.29, 1.82) is 0 Å². The largest absolute Gasteiger partial charge is 0.465 e. The van der Waals surface area contributed by atoms with Gasteiger partial charge in [0, 0.05) is 25.8 Å². The van der Waals surface area contributed by atoms with Crippen LogP contribution < -0.4 is 0 Å². The van der Waals surface area contributed by atoms with Gasteiger partial charge >= 0.3 is 5.97 Å². The number of hydrogen-bond donors (Lipinski definition) is 0. The van der Waals surface area contributed by atoms with Gasteiger partial charge in [-0.25, -0.2) is 0 Å². The van der Waals surface area contributed by atoms with Crippen molar-refractivity contribution in [3.8, 4) is 0 Å². The van der Waals surface area contributed by atoms with Gasteiger partial charge in [0.2, 0.25) is 0 Å². The van der Waals surface area contributed by atoms with Gasteiger partial charge < -0.3 is 9.47 Å². The monoisotopic (exact) mass is 220 g/mol. The molecule has 0 saturated carbocycles. The van der Waals surface area contributed by atoms with E-state index in [2.05, 4.69) is 0 Å². The summed E-state index contributed by atoms with van der Waals surface area (Å²) in [5, 5.41) is 0. The molecule has 1 aliphatic rings. The van der Waals surface area contributed by atoms with Crippen LogP contribution in [-0.2, 0) is 19.1 Å². The number of hydrogen-bond acceptors (Lipinski definition) is 4. The molecule has 1 aliphatic heterocycles. The molecule has 1 fully saturated rings. The molecule has 5 heteroatoms. The van der Waals surface area contributed by atoms with E-state index in [4.69, 9.17) is 21.1 Å².